The zero-order valence-electron chi connectivity index (χ0n) is 14.1. The second-order valence-electron chi connectivity index (χ2n) is 5.81. The van der Waals surface area contributed by atoms with Gasteiger partial charge in [0.15, 0.2) is 0 Å². The quantitative estimate of drug-likeness (QED) is 0.593. The monoisotopic (exact) mass is 470 g/mol. The second kappa shape index (κ2) is 9.20. The maximum atomic E-state index is 12.3. The van der Waals surface area contributed by atoms with Gasteiger partial charge in [-0.15, -0.1) is 0 Å². The lowest BCUT2D eigenvalue weighted by molar-refractivity contribution is -0.119. The van der Waals surface area contributed by atoms with E-state index in [2.05, 4.69) is 33.2 Å². The second-order valence-corrected chi connectivity index (χ2v) is 7.40. The van der Waals surface area contributed by atoms with Crippen LogP contribution in [-0.2, 0) is 11.3 Å². The Morgan fingerprint density at radius 2 is 1.96 bits per heavy atom. The number of carbonyl (C=O) groups excluding carboxylic acids is 2. The molecule has 0 aliphatic heterocycles. The van der Waals surface area contributed by atoms with Crippen molar-refractivity contribution in [3.8, 4) is 0 Å². The Morgan fingerprint density at radius 1 is 1.20 bits per heavy atom. The molecule has 132 valence electrons. The van der Waals surface area contributed by atoms with Crippen molar-refractivity contribution in [2.75, 3.05) is 5.32 Å². The Bertz CT molecular complexity index is 780. The summed E-state index contributed by atoms with van der Waals surface area (Å²) in [6, 6.07) is 12.6. The lowest BCUT2D eigenvalue weighted by atomic mass is 10.1. The molecule has 1 unspecified atom stereocenters. The van der Waals surface area contributed by atoms with Gasteiger partial charge in [0.1, 0.15) is 0 Å². The van der Waals surface area contributed by atoms with Crippen molar-refractivity contribution in [1.82, 2.24) is 5.32 Å². The maximum absolute atomic E-state index is 12.3. The first kappa shape index (κ1) is 19.7. The summed E-state index contributed by atoms with van der Waals surface area (Å²) in [6.07, 6.45) is 0.793. The first-order chi connectivity index (χ1) is 11.9. The molecule has 0 aromatic heterocycles. The van der Waals surface area contributed by atoms with E-state index in [0.29, 0.717) is 17.1 Å². The predicted molar refractivity (Wildman–Crippen MR) is 110 cm³/mol. The van der Waals surface area contributed by atoms with Crippen LogP contribution in [0.4, 0.5) is 5.69 Å². The average Bonchev–Trinajstić information content (AvgIpc) is 2.59. The number of hydrogen-bond acceptors (Lipinski definition) is 2. The molecule has 4 nitrogen and oxygen atoms in total. The molecule has 1 atom stereocenters. The standard InChI is InChI=1S/C19H20ClIN2O2/c1-3-12(2)18(24)23-15-6-4-5-13(9-15)11-22-19(25)16-8-7-14(20)10-17(16)21/h4-10,12H,3,11H2,1-2H3,(H,22,25)(H,23,24). The molecular weight excluding hydrogens is 451 g/mol. The van der Waals surface area contributed by atoms with E-state index in [0.717, 1.165) is 21.2 Å². The van der Waals surface area contributed by atoms with Crippen LogP contribution in [0.25, 0.3) is 0 Å². The maximum Gasteiger partial charge on any atom is 0.252 e. The van der Waals surface area contributed by atoms with Crippen LogP contribution in [0.5, 0.6) is 0 Å². The van der Waals surface area contributed by atoms with E-state index >= 15 is 0 Å². The molecule has 0 aliphatic carbocycles. The van der Waals surface area contributed by atoms with Crippen LogP contribution in [0.1, 0.15) is 36.2 Å². The van der Waals surface area contributed by atoms with Crippen molar-refractivity contribution < 1.29 is 9.59 Å². The summed E-state index contributed by atoms with van der Waals surface area (Å²) in [5.74, 6) is -0.190. The van der Waals surface area contributed by atoms with Crippen LogP contribution < -0.4 is 10.6 Å². The molecule has 2 amide bonds. The van der Waals surface area contributed by atoms with E-state index in [-0.39, 0.29) is 17.7 Å². The van der Waals surface area contributed by atoms with Crippen molar-refractivity contribution in [2.24, 2.45) is 5.92 Å². The molecule has 0 radical (unpaired) electrons. The van der Waals surface area contributed by atoms with Gasteiger partial charge in [0, 0.05) is 26.7 Å². The number of hydrogen-bond donors (Lipinski definition) is 2. The Hall–Kier alpha value is -1.60. The highest BCUT2D eigenvalue weighted by Gasteiger charge is 2.12. The smallest absolute Gasteiger partial charge is 0.252 e. The number of carbonyl (C=O) groups is 2. The number of rotatable bonds is 6. The van der Waals surface area contributed by atoms with Crippen molar-refractivity contribution in [3.63, 3.8) is 0 Å². The van der Waals surface area contributed by atoms with E-state index in [1.54, 1.807) is 18.2 Å². The Morgan fingerprint density at radius 3 is 2.64 bits per heavy atom. The molecule has 2 N–H and O–H groups in total. The van der Waals surface area contributed by atoms with Crippen LogP contribution in [0.3, 0.4) is 0 Å². The van der Waals surface area contributed by atoms with E-state index in [9.17, 15) is 9.59 Å². The third kappa shape index (κ3) is 5.71. The third-order valence-corrected chi connectivity index (χ3v) is 5.01. The summed E-state index contributed by atoms with van der Waals surface area (Å²) in [5, 5.41) is 6.39. The minimum Gasteiger partial charge on any atom is -0.348 e. The fourth-order valence-electron chi connectivity index (χ4n) is 2.16. The summed E-state index contributed by atoms with van der Waals surface area (Å²) in [6.45, 7) is 4.26. The van der Waals surface area contributed by atoms with Crippen LogP contribution in [-0.4, -0.2) is 11.8 Å². The van der Waals surface area contributed by atoms with Crippen LogP contribution >= 0.6 is 34.2 Å². The molecule has 0 spiro atoms. The lowest BCUT2D eigenvalue weighted by Crippen LogP contribution is -2.24. The van der Waals surface area contributed by atoms with Gasteiger partial charge in [-0.25, -0.2) is 0 Å². The van der Waals surface area contributed by atoms with Gasteiger partial charge in [-0.1, -0.05) is 37.6 Å². The fraction of sp³-hybridized carbons (Fsp3) is 0.263. The SMILES string of the molecule is CCC(C)C(=O)Nc1cccc(CNC(=O)c2ccc(Cl)cc2I)c1. The normalized spacial score (nSPS) is 11.7. The van der Waals surface area contributed by atoms with E-state index in [4.69, 9.17) is 11.6 Å². The zero-order valence-corrected chi connectivity index (χ0v) is 17.0. The van der Waals surface area contributed by atoms with Gasteiger partial charge in [0.05, 0.1) is 5.56 Å². The van der Waals surface area contributed by atoms with Gasteiger partial charge in [-0.3, -0.25) is 9.59 Å². The Labute approximate surface area is 166 Å². The van der Waals surface area contributed by atoms with Gasteiger partial charge in [-0.2, -0.15) is 0 Å². The molecule has 0 fully saturated rings. The molecular formula is C19H20ClIN2O2. The number of anilines is 1. The first-order valence-corrected chi connectivity index (χ1v) is 9.49. The predicted octanol–water partition coefficient (Wildman–Crippen LogP) is 4.86. The van der Waals surface area contributed by atoms with Gasteiger partial charge < -0.3 is 10.6 Å². The molecule has 0 saturated heterocycles. The first-order valence-electron chi connectivity index (χ1n) is 8.03. The molecule has 2 rings (SSSR count). The van der Waals surface area contributed by atoms with Crippen molar-refractivity contribution in [1.29, 1.82) is 0 Å². The third-order valence-electron chi connectivity index (χ3n) is 3.88. The van der Waals surface area contributed by atoms with Crippen molar-refractivity contribution >= 4 is 51.7 Å². The highest BCUT2D eigenvalue weighted by atomic mass is 127. The number of amides is 2. The van der Waals surface area contributed by atoms with Crippen LogP contribution in [0.2, 0.25) is 5.02 Å². The largest absolute Gasteiger partial charge is 0.348 e. The molecule has 0 bridgehead atoms. The van der Waals surface area contributed by atoms with E-state index in [1.807, 2.05) is 38.1 Å². The summed E-state index contributed by atoms with van der Waals surface area (Å²) in [7, 11) is 0. The number of nitrogens with one attached hydrogen (secondary N) is 2. The Kier molecular flexibility index (Phi) is 7.25. The van der Waals surface area contributed by atoms with Gasteiger partial charge in [0.25, 0.3) is 5.91 Å². The molecule has 0 saturated carbocycles. The topological polar surface area (TPSA) is 58.2 Å². The summed E-state index contributed by atoms with van der Waals surface area (Å²) >= 11 is 8.01. The number of halogens is 2. The minimum absolute atomic E-state index is 0.000552. The van der Waals surface area contributed by atoms with E-state index in [1.165, 1.54) is 0 Å². The van der Waals surface area contributed by atoms with Crippen molar-refractivity contribution in [2.45, 2.75) is 26.8 Å². The fourth-order valence-corrected chi connectivity index (χ4v) is 3.28. The molecule has 2 aromatic carbocycles. The highest BCUT2D eigenvalue weighted by molar-refractivity contribution is 14.1. The van der Waals surface area contributed by atoms with Gasteiger partial charge >= 0.3 is 0 Å². The number of benzene rings is 2. The molecule has 25 heavy (non-hydrogen) atoms. The van der Waals surface area contributed by atoms with Crippen molar-refractivity contribution in [3.05, 3.63) is 62.2 Å². The van der Waals surface area contributed by atoms with Gasteiger partial charge in [0.2, 0.25) is 5.91 Å². The highest BCUT2D eigenvalue weighted by Crippen LogP contribution is 2.18. The Balaban J connectivity index is 2.00. The minimum atomic E-state index is -0.157. The van der Waals surface area contributed by atoms with E-state index < -0.39 is 0 Å². The lowest BCUT2D eigenvalue weighted by Gasteiger charge is -2.12. The summed E-state index contributed by atoms with van der Waals surface area (Å²) in [4.78, 5) is 24.3. The van der Waals surface area contributed by atoms with Crippen LogP contribution in [0, 0.1) is 9.49 Å². The molecule has 6 heteroatoms. The average molecular weight is 471 g/mol. The molecule has 2 aromatic rings. The zero-order chi connectivity index (χ0) is 18.4. The van der Waals surface area contributed by atoms with Gasteiger partial charge in [-0.05, 0) is 64.9 Å². The molecule has 0 heterocycles. The summed E-state index contributed by atoms with van der Waals surface area (Å²) < 4.78 is 0.803. The molecule has 0 aliphatic rings. The van der Waals surface area contributed by atoms with Crippen LogP contribution in [0.15, 0.2) is 42.5 Å². The summed E-state index contributed by atoms with van der Waals surface area (Å²) in [5.41, 5.74) is 2.24.